The van der Waals surface area contributed by atoms with E-state index in [4.69, 9.17) is 0 Å². The van der Waals surface area contributed by atoms with E-state index in [0.29, 0.717) is 23.8 Å². The molecule has 1 aliphatic carbocycles. The van der Waals surface area contributed by atoms with E-state index < -0.39 is 0 Å². The molecule has 2 aromatic heterocycles. The molecule has 2 aromatic rings. The van der Waals surface area contributed by atoms with Crippen LogP contribution in [0.2, 0.25) is 0 Å². The summed E-state index contributed by atoms with van der Waals surface area (Å²) in [6.45, 7) is 3.08. The van der Waals surface area contributed by atoms with Crippen LogP contribution in [0.4, 0.5) is 0 Å². The summed E-state index contributed by atoms with van der Waals surface area (Å²) in [5, 5.41) is 24.0. The molecule has 2 N–H and O–H groups in total. The number of aromatic nitrogens is 3. The number of pyridine rings is 1. The maximum Gasteiger partial charge on any atom is 0.141 e. The number of nitrogens with zero attached hydrogens (tertiary/aromatic N) is 4. The standard InChI is InChI=1S/C16H22N4O2/c1-11-16(22)15(13(10-21)6-17-11)9-20(14-3-4-14)8-12-5-18-19(2)7-12/h5-7,14,21-22H,3-4,8-10H2,1-2H3. The van der Waals surface area contributed by atoms with Crippen molar-refractivity contribution in [3.05, 3.63) is 41.0 Å². The second-order valence-corrected chi connectivity index (χ2v) is 6.01. The van der Waals surface area contributed by atoms with Gasteiger partial charge in [0.05, 0.1) is 18.5 Å². The molecule has 0 unspecified atom stereocenters. The van der Waals surface area contributed by atoms with Crippen LogP contribution in [0.15, 0.2) is 18.6 Å². The van der Waals surface area contributed by atoms with Crippen LogP contribution < -0.4 is 0 Å². The third-order valence-electron chi connectivity index (χ3n) is 4.17. The van der Waals surface area contributed by atoms with Crippen LogP contribution in [0.3, 0.4) is 0 Å². The number of aryl methyl sites for hydroxylation is 2. The van der Waals surface area contributed by atoms with Gasteiger partial charge in [-0.1, -0.05) is 0 Å². The molecule has 0 aliphatic heterocycles. The highest BCUT2D eigenvalue weighted by Crippen LogP contribution is 2.33. The maximum atomic E-state index is 10.3. The maximum absolute atomic E-state index is 10.3. The first-order valence-electron chi connectivity index (χ1n) is 7.57. The molecular weight excluding hydrogens is 280 g/mol. The summed E-state index contributed by atoms with van der Waals surface area (Å²) >= 11 is 0. The number of hydrogen-bond acceptors (Lipinski definition) is 5. The molecular formula is C16H22N4O2. The van der Waals surface area contributed by atoms with Crippen LogP contribution in [0.1, 0.15) is 35.2 Å². The third kappa shape index (κ3) is 3.13. The molecule has 0 saturated heterocycles. The normalized spacial score (nSPS) is 14.7. The van der Waals surface area contributed by atoms with E-state index in [1.807, 2.05) is 19.4 Å². The summed E-state index contributed by atoms with van der Waals surface area (Å²) in [4.78, 5) is 6.46. The quantitative estimate of drug-likeness (QED) is 0.845. The average Bonchev–Trinajstić information content (AvgIpc) is 3.27. The Bertz CT molecular complexity index is 664. The molecule has 0 spiro atoms. The number of aromatic hydroxyl groups is 1. The third-order valence-corrected chi connectivity index (χ3v) is 4.17. The highest BCUT2D eigenvalue weighted by molar-refractivity contribution is 5.40. The van der Waals surface area contributed by atoms with Crippen molar-refractivity contribution in [2.75, 3.05) is 0 Å². The Kier molecular flexibility index (Phi) is 4.13. The van der Waals surface area contributed by atoms with Gasteiger partial charge >= 0.3 is 0 Å². The van der Waals surface area contributed by atoms with Crippen molar-refractivity contribution in [2.24, 2.45) is 7.05 Å². The van der Waals surface area contributed by atoms with Crippen LogP contribution in [-0.4, -0.2) is 35.9 Å². The van der Waals surface area contributed by atoms with Gasteiger partial charge in [0.15, 0.2) is 0 Å². The smallest absolute Gasteiger partial charge is 0.141 e. The van der Waals surface area contributed by atoms with Gasteiger partial charge in [0.25, 0.3) is 0 Å². The fourth-order valence-corrected chi connectivity index (χ4v) is 2.74. The zero-order valence-corrected chi connectivity index (χ0v) is 13.0. The molecule has 2 heterocycles. The molecule has 118 valence electrons. The molecule has 1 aliphatic rings. The molecule has 22 heavy (non-hydrogen) atoms. The minimum Gasteiger partial charge on any atom is -0.506 e. The molecule has 3 rings (SSSR count). The predicted molar refractivity (Wildman–Crippen MR) is 82.0 cm³/mol. The van der Waals surface area contributed by atoms with E-state index in [0.717, 1.165) is 17.7 Å². The van der Waals surface area contributed by atoms with Crippen LogP contribution in [0, 0.1) is 6.92 Å². The van der Waals surface area contributed by atoms with Crippen molar-refractivity contribution in [1.82, 2.24) is 19.7 Å². The van der Waals surface area contributed by atoms with E-state index in [9.17, 15) is 10.2 Å². The van der Waals surface area contributed by atoms with Gasteiger partial charge in [-0.05, 0) is 19.8 Å². The summed E-state index contributed by atoms with van der Waals surface area (Å²) < 4.78 is 1.80. The number of aliphatic hydroxyl groups excluding tert-OH is 1. The van der Waals surface area contributed by atoms with Gasteiger partial charge in [0, 0.05) is 55.3 Å². The lowest BCUT2D eigenvalue weighted by Gasteiger charge is -2.23. The topological polar surface area (TPSA) is 74.4 Å². The Morgan fingerprint density at radius 2 is 2.09 bits per heavy atom. The van der Waals surface area contributed by atoms with Gasteiger partial charge in [0.1, 0.15) is 5.75 Å². The van der Waals surface area contributed by atoms with Crippen LogP contribution in [-0.2, 0) is 26.7 Å². The zero-order chi connectivity index (χ0) is 15.7. The Hall–Kier alpha value is -1.92. The molecule has 1 saturated carbocycles. The van der Waals surface area contributed by atoms with Crippen LogP contribution in [0.25, 0.3) is 0 Å². The molecule has 0 atom stereocenters. The number of aliphatic hydroxyl groups is 1. The summed E-state index contributed by atoms with van der Waals surface area (Å²) in [6.07, 6.45) is 7.90. The molecule has 0 amide bonds. The van der Waals surface area contributed by atoms with Gasteiger partial charge in [0.2, 0.25) is 0 Å². The highest BCUT2D eigenvalue weighted by atomic mass is 16.3. The van der Waals surface area contributed by atoms with Gasteiger partial charge in [-0.25, -0.2) is 0 Å². The van der Waals surface area contributed by atoms with Crippen molar-refractivity contribution < 1.29 is 10.2 Å². The summed E-state index contributed by atoms with van der Waals surface area (Å²) in [5.41, 5.74) is 3.24. The molecule has 6 heteroatoms. The number of hydrogen-bond donors (Lipinski definition) is 2. The van der Waals surface area contributed by atoms with Crippen molar-refractivity contribution in [3.63, 3.8) is 0 Å². The summed E-state index contributed by atoms with van der Waals surface area (Å²) in [6, 6.07) is 0.541. The second-order valence-electron chi connectivity index (χ2n) is 6.01. The zero-order valence-electron chi connectivity index (χ0n) is 13.0. The largest absolute Gasteiger partial charge is 0.506 e. The molecule has 1 fully saturated rings. The fourth-order valence-electron chi connectivity index (χ4n) is 2.74. The molecule has 0 aromatic carbocycles. The Morgan fingerprint density at radius 1 is 1.32 bits per heavy atom. The average molecular weight is 302 g/mol. The highest BCUT2D eigenvalue weighted by Gasteiger charge is 2.30. The van der Waals surface area contributed by atoms with E-state index in [1.54, 1.807) is 17.8 Å². The lowest BCUT2D eigenvalue weighted by Crippen LogP contribution is -2.25. The Balaban J connectivity index is 1.83. The first kappa shape index (κ1) is 15.0. The van der Waals surface area contributed by atoms with Gasteiger partial charge in [-0.2, -0.15) is 5.10 Å². The first-order chi connectivity index (χ1) is 10.6. The van der Waals surface area contributed by atoms with E-state index in [1.165, 1.54) is 12.8 Å². The first-order valence-corrected chi connectivity index (χ1v) is 7.57. The minimum atomic E-state index is -0.110. The van der Waals surface area contributed by atoms with E-state index in [-0.39, 0.29) is 12.4 Å². The predicted octanol–water partition coefficient (Wildman–Crippen LogP) is 1.49. The molecule has 6 nitrogen and oxygen atoms in total. The monoisotopic (exact) mass is 302 g/mol. The lowest BCUT2D eigenvalue weighted by molar-refractivity contribution is 0.234. The van der Waals surface area contributed by atoms with E-state index >= 15 is 0 Å². The van der Waals surface area contributed by atoms with Crippen molar-refractivity contribution in [2.45, 2.75) is 45.5 Å². The Morgan fingerprint density at radius 3 is 2.68 bits per heavy atom. The molecule has 0 radical (unpaired) electrons. The van der Waals surface area contributed by atoms with Crippen LogP contribution in [0.5, 0.6) is 5.75 Å². The van der Waals surface area contributed by atoms with Crippen molar-refractivity contribution >= 4 is 0 Å². The molecule has 0 bridgehead atoms. The summed E-state index contributed by atoms with van der Waals surface area (Å²) in [5.74, 6) is 0.198. The second kappa shape index (κ2) is 6.06. The van der Waals surface area contributed by atoms with Crippen LogP contribution >= 0.6 is 0 Å². The van der Waals surface area contributed by atoms with Gasteiger partial charge < -0.3 is 10.2 Å². The SMILES string of the molecule is Cc1ncc(CO)c(CN(Cc2cnn(C)c2)C2CC2)c1O. The van der Waals surface area contributed by atoms with Gasteiger partial charge in [-0.3, -0.25) is 14.6 Å². The minimum absolute atomic E-state index is 0.110. The van der Waals surface area contributed by atoms with Gasteiger partial charge in [-0.15, -0.1) is 0 Å². The summed E-state index contributed by atoms with van der Waals surface area (Å²) in [7, 11) is 1.91. The van der Waals surface area contributed by atoms with Crippen molar-refractivity contribution in [3.8, 4) is 5.75 Å². The van der Waals surface area contributed by atoms with Crippen molar-refractivity contribution in [1.29, 1.82) is 0 Å². The Labute approximate surface area is 130 Å². The number of rotatable bonds is 6. The van der Waals surface area contributed by atoms with E-state index in [2.05, 4.69) is 15.0 Å². The fraction of sp³-hybridized carbons (Fsp3) is 0.500. The lowest BCUT2D eigenvalue weighted by atomic mass is 10.1.